The summed E-state index contributed by atoms with van der Waals surface area (Å²) in [4.78, 5) is 14.8. The summed E-state index contributed by atoms with van der Waals surface area (Å²) in [6.07, 6.45) is 8.67. The molecule has 25 heavy (non-hydrogen) atoms. The molecule has 0 unspecified atom stereocenters. The van der Waals surface area contributed by atoms with Crippen LogP contribution < -0.4 is 10.6 Å². The van der Waals surface area contributed by atoms with Crippen LogP contribution in [0.2, 0.25) is 0 Å². The maximum absolute atomic E-state index is 12.9. The van der Waals surface area contributed by atoms with Gasteiger partial charge in [0.2, 0.25) is 0 Å². The van der Waals surface area contributed by atoms with Crippen molar-refractivity contribution in [3.8, 4) is 0 Å². The average molecular weight is 338 g/mol. The van der Waals surface area contributed by atoms with E-state index in [1.54, 1.807) is 24.3 Å². The smallest absolute Gasteiger partial charge is 0.258 e. The number of para-hydroxylation sites is 1. The van der Waals surface area contributed by atoms with E-state index in [1.165, 1.54) is 38.5 Å². The number of anilines is 2. The number of rotatable bonds is 10. The van der Waals surface area contributed by atoms with Gasteiger partial charge in [-0.25, -0.2) is 0 Å². The van der Waals surface area contributed by atoms with E-state index < -0.39 is 0 Å². The molecule has 0 aliphatic carbocycles. The average Bonchev–Trinajstić information content (AvgIpc) is 2.65. The molecule has 0 aliphatic heterocycles. The van der Waals surface area contributed by atoms with Gasteiger partial charge in [0, 0.05) is 23.5 Å². The Balaban J connectivity index is 1.97. The van der Waals surface area contributed by atoms with Crippen LogP contribution in [0.5, 0.6) is 0 Å². The van der Waals surface area contributed by atoms with Crippen molar-refractivity contribution < 1.29 is 4.79 Å². The number of hydrogen-bond donors (Lipinski definition) is 1. The van der Waals surface area contributed by atoms with Crippen LogP contribution in [0, 0.1) is 0 Å². The Hall–Kier alpha value is -2.29. The SMILES string of the molecule is CCCCCCCCCN(C(=O)c1ccc(N)cc1)c1ccccc1. The van der Waals surface area contributed by atoms with Gasteiger partial charge < -0.3 is 10.6 Å². The van der Waals surface area contributed by atoms with Crippen molar-refractivity contribution in [2.24, 2.45) is 0 Å². The standard InChI is InChI=1S/C22H30N2O/c1-2-3-4-5-6-7-11-18-24(21-12-9-8-10-13-21)22(25)19-14-16-20(23)17-15-19/h8-10,12-17H,2-7,11,18,23H2,1H3. The third-order valence-electron chi connectivity index (χ3n) is 4.46. The number of carbonyl (C=O) groups excluding carboxylic acids is 1. The fourth-order valence-electron chi connectivity index (χ4n) is 2.96. The second kappa shape index (κ2) is 10.5. The van der Waals surface area contributed by atoms with Gasteiger partial charge in [0.05, 0.1) is 0 Å². The first kappa shape index (κ1) is 19.0. The summed E-state index contributed by atoms with van der Waals surface area (Å²) in [7, 11) is 0. The third kappa shape index (κ3) is 6.26. The lowest BCUT2D eigenvalue weighted by Crippen LogP contribution is -2.31. The molecule has 0 aromatic heterocycles. The van der Waals surface area contributed by atoms with Crippen molar-refractivity contribution in [2.45, 2.75) is 51.9 Å². The van der Waals surface area contributed by atoms with Gasteiger partial charge in [-0.05, 0) is 42.8 Å². The van der Waals surface area contributed by atoms with E-state index in [0.29, 0.717) is 11.3 Å². The molecule has 0 radical (unpaired) electrons. The molecule has 2 rings (SSSR count). The molecule has 0 bridgehead atoms. The molecule has 0 saturated heterocycles. The molecular formula is C22H30N2O. The summed E-state index contributed by atoms with van der Waals surface area (Å²) in [6, 6.07) is 17.1. The van der Waals surface area contributed by atoms with E-state index in [4.69, 9.17) is 5.73 Å². The fraction of sp³-hybridized carbons (Fsp3) is 0.409. The summed E-state index contributed by atoms with van der Waals surface area (Å²) >= 11 is 0. The van der Waals surface area contributed by atoms with Crippen molar-refractivity contribution in [3.63, 3.8) is 0 Å². The zero-order chi connectivity index (χ0) is 17.9. The van der Waals surface area contributed by atoms with E-state index in [0.717, 1.165) is 18.7 Å². The molecule has 134 valence electrons. The van der Waals surface area contributed by atoms with E-state index in [9.17, 15) is 4.79 Å². The van der Waals surface area contributed by atoms with Gasteiger partial charge in [-0.15, -0.1) is 0 Å². The highest BCUT2D eigenvalue weighted by molar-refractivity contribution is 6.06. The number of nitrogens with two attached hydrogens (primary N) is 1. The molecule has 0 spiro atoms. The Morgan fingerprint density at radius 3 is 2.08 bits per heavy atom. The van der Waals surface area contributed by atoms with Gasteiger partial charge >= 0.3 is 0 Å². The number of carbonyl (C=O) groups is 1. The van der Waals surface area contributed by atoms with Crippen molar-refractivity contribution in [3.05, 3.63) is 60.2 Å². The van der Waals surface area contributed by atoms with E-state index in [1.807, 2.05) is 35.2 Å². The van der Waals surface area contributed by atoms with Crippen molar-refractivity contribution in [2.75, 3.05) is 17.2 Å². The molecule has 1 amide bonds. The highest BCUT2D eigenvalue weighted by Gasteiger charge is 2.17. The monoisotopic (exact) mass is 338 g/mol. The lowest BCUT2D eigenvalue weighted by molar-refractivity contribution is 0.0986. The van der Waals surface area contributed by atoms with Gasteiger partial charge in [0.1, 0.15) is 0 Å². The minimum absolute atomic E-state index is 0.0391. The van der Waals surface area contributed by atoms with Crippen LogP contribution in [0.1, 0.15) is 62.2 Å². The van der Waals surface area contributed by atoms with E-state index in [2.05, 4.69) is 6.92 Å². The molecule has 0 fully saturated rings. The molecule has 2 N–H and O–H groups in total. The van der Waals surface area contributed by atoms with E-state index >= 15 is 0 Å². The molecule has 0 saturated carbocycles. The second-order valence-electron chi connectivity index (χ2n) is 6.54. The predicted octanol–water partition coefficient (Wildman–Crippen LogP) is 5.67. The topological polar surface area (TPSA) is 46.3 Å². The van der Waals surface area contributed by atoms with Gasteiger partial charge in [0.15, 0.2) is 0 Å². The molecule has 0 heterocycles. The van der Waals surface area contributed by atoms with Crippen LogP contribution in [0.3, 0.4) is 0 Å². The van der Waals surface area contributed by atoms with Crippen LogP contribution >= 0.6 is 0 Å². The zero-order valence-corrected chi connectivity index (χ0v) is 15.3. The molecule has 0 aliphatic rings. The van der Waals surface area contributed by atoms with Crippen molar-refractivity contribution >= 4 is 17.3 Å². The Bertz CT molecular complexity index is 622. The zero-order valence-electron chi connectivity index (χ0n) is 15.3. The first-order valence-corrected chi connectivity index (χ1v) is 9.45. The van der Waals surface area contributed by atoms with Crippen LogP contribution in [-0.4, -0.2) is 12.5 Å². The maximum atomic E-state index is 12.9. The highest BCUT2D eigenvalue weighted by Crippen LogP contribution is 2.19. The summed E-state index contributed by atoms with van der Waals surface area (Å²) in [5.41, 5.74) is 8.05. The molecule has 0 atom stereocenters. The Labute approximate surface area is 151 Å². The molecular weight excluding hydrogens is 308 g/mol. The summed E-state index contributed by atoms with van der Waals surface area (Å²) in [5.74, 6) is 0.0391. The molecule has 2 aromatic rings. The lowest BCUT2D eigenvalue weighted by atomic mass is 10.1. The number of nitrogens with zero attached hydrogens (tertiary/aromatic N) is 1. The quantitative estimate of drug-likeness (QED) is 0.448. The van der Waals surface area contributed by atoms with Crippen molar-refractivity contribution in [1.82, 2.24) is 0 Å². The van der Waals surface area contributed by atoms with Crippen molar-refractivity contribution in [1.29, 1.82) is 0 Å². The van der Waals surface area contributed by atoms with Gasteiger partial charge in [-0.3, -0.25) is 4.79 Å². The number of benzene rings is 2. The van der Waals surface area contributed by atoms with Crippen LogP contribution in [0.25, 0.3) is 0 Å². The van der Waals surface area contributed by atoms with E-state index in [-0.39, 0.29) is 5.91 Å². The first-order valence-electron chi connectivity index (χ1n) is 9.45. The minimum atomic E-state index is 0.0391. The van der Waals surface area contributed by atoms with Gasteiger partial charge in [-0.2, -0.15) is 0 Å². The number of unbranched alkanes of at least 4 members (excludes halogenated alkanes) is 6. The minimum Gasteiger partial charge on any atom is -0.399 e. The van der Waals surface area contributed by atoms with Crippen LogP contribution in [-0.2, 0) is 0 Å². The normalized spacial score (nSPS) is 10.6. The van der Waals surface area contributed by atoms with Gasteiger partial charge in [0.25, 0.3) is 5.91 Å². The molecule has 3 heteroatoms. The summed E-state index contributed by atoms with van der Waals surface area (Å²) < 4.78 is 0. The Kier molecular flexibility index (Phi) is 8.03. The van der Waals surface area contributed by atoms with Gasteiger partial charge in [-0.1, -0.05) is 63.6 Å². The molecule has 2 aromatic carbocycles. The highest BCUT2D eigenvalue weighted by atomic mass is 16.2. The second-order valence-corrected chi connectivity index (χ2v) is 6.54. The molecule has 3 nitrogen and oxygen atoms in total. The third-order valence-corrected chi connectivity index (χ3v) is 4.46. The Morgan fingerprint density at radius 1 is 0.840 bits per heavy atom. The van der Waals surface area contributed by atoms with Crippen LogP contribution in [0.15, 0.2) is 54.6 Å². The summed E-state index contributed by atoms with van der Waals surface area (Å²) in [5, 5.41) is 0. The largest absolute Gasteiger partial charge is 0.399 e. The lowest BCUT2D eigenvalue weighted by Gasteiger charge is -2.23. The summed E-state index contributed by atoms with van der Waals surface area (Å²) in [6.45, 7) is 2.99. The number of hydrogen-bond acceptors (Lipinski definition) is 2. The fourth-order valence-corrected chi connectivity index (χ4v) is 2.96. The predicted molar refractivity (Wildman–Crippen MR) is 107 cm³/mol. The Morgan fingerprint density at radius 2 is 1.44 bits per heavy atom. The van der Waals surface area contributed by atoms with Crippen LogP contribution in [0.4, 0.5) is 11.4 Å². The first-order chi connectivity index (χ1) is 12.2. The maximum Gasteiger partial charge on any atom is 0.258 e. The number of nitrogen functional groups attached to an aromatic ring is 1. The number of amides is 1.